The molecule has 0 aliphatic rings. The van der Waals surface area contributed by atoms with Crippen molar-refractivity contribution in [2.24, 2.45) is 0 Å². The number of hydrogen-bond acceptors (Lipinski definition) is 3. The van der Waals surface area contributed by atoms with Crippen molar-refractivity contribution in [1.82, 2.24) is 5.32 Å². The van der Waals surface area contributed by atoms with E-state index in [1.807, 2.05) is 25.1 Å². The van der Waals surface area contributed by atoms with E-state index in [-0.39, 0.29) is 0 Å². The largest absolute Gasteiger partial charge is 0.480 e. The SMILES string of the molecule is Cc1c(CN[C@H](C)C(=O)O)sc2c(Cl)cccc12. The molecule has 2 rings (SSSR count). The van der Waals surface area contributed by atoms with Gasteiger partial charge in [0.15, 0.2) is 0 Å². The lowest BCUT2D eigenvalue weighted by atomic mass is 10.1. The number of nitrogens with one attached hydrogen (secondary N) is 1. The fraction of sp³-hybridized carbons (Fsp3) is 0.308. The standard InChI is InChI=1S/C13H14ClNO2S/c1-7-9-4-3-5-10(14)12(9)18-11(7)6-15-8(2)13(16)17/h3-5,8,15H,6H2,1-2H3,(H,16,17)/t8-/m1/s1. The predicted molar refractivity (Wildman–Crippen MR) is 75.5 cm³/mol. The molecular formula is C13H14ClNO2S. The second kappa shape index (κ2) is 5.26. The van der Waals surface area contributed by atoms with Crippen molar-refractivity contribution >= 4 is 39.0 Å². The van der Waals surface area contributed by atoms with Gasteiger partial charge in [0.25, 0.3) is 0 Å². The highest BCUT2D eigenvalue weighted by Gasteiger charge is 2.13. The summed E-state index contributed by atoms with van der Waals surface area (Å²) in [6.45, 7) is 4.23. The second-order valence-corrected chi connectivity index (χ2v) is 5.72. The number of carboxylic acids is 1. The van der Waals surface area contributed by atoms with Crippen molar-refractivity contribution in [2.75, 3.05) is 0 Å². The van der Waals surface area contributed by atoms with Crippen molar-refractivity contribution in [2.45, 2.75) is 26.4 Å². The Bertz CT molecular complexity index is 594. The molecule has 0 saturated heterocycles. The van der Waals surface area contributed by atoms with E-state index in [1.165, 1.54) is 5.56 Å². The molecule has 0 aliphatic heterocycles. The fourth-order valence-electron chi connectivity index (χ4n) is 1.76. The maximum Gasteiger partial charge on any atom is 0.320 e. The smallest absolute Gasteiger partial charge is 0.320 e. The maximum absolute atomic E-state index is 10.8. The molecule has 0 bridgehead atoms. The monoisotopic (exact) mass is 283 g/mol. The zero-order chi connectivity index (χ0) is 13.3. The van der Waals surface area contributed by atoms with Crippen LogP contribution >= 0.6 is 22.9 Å². The second-order valence-electron chi connectivity index (χ2n) is 4.21. The van der Waals surface area contributed by atoms with Crippen LogP contribution in [0.5, 0.6) is 0 Å². The number of rotatable bonds is 4. The minimum Gasteiger partial charge on any atom is -0.480 e. The highest BCUT2D eigenvalue weighted by molar-refractivity contribution is 7.20. The van der Waals surface area contributed by atoms with Gasteiger partial charge < -0.3 is 5.11 Å². The van der Waals surface area contributed by atoms with Crippen LogP contribution in [0, 0.1) is 6.92 Å². The lowest BCUT2D eigenvalue weighted by Crippen LogP contribution is -2.32. The molecule has 3 nitrogen and oxygen atoms in total. The quantitative estimate of drug-likeness (QED) is 0.904. The van der Waals surface area contributed by atoms with Crippen molar-refractivity contribution in [1.29, 1.82) is 0 Å². The normalized spacial score (nSPS) is 12.8. The fourth-order valence-corrected chi connectivity index (χ4v) is 3.21. The number of carbonyl (C=O) groups is 1. The zero-order valence-electron chi connectivity index (χ0n) is 10.2. The van der Waals surface area contributed by atoms with Crippen LogP contribution in [0.15, 0.2) is 18.2 Å². The molecule has 1 aromatic heterocycles. The number of aliphatic carboxylic acids is 1. The van der Waals surface area contributed by atoms with Gasteiger partial charge >= 0.3 is 5.97 Å². The molecular weight excluding hydrogens is 270 g/mol. The number of carboxylic acid groups (broad SMARTS) is 1. The van der Waals surface area contributed by atoms with Crippen LogP contribution in [0.4, 0.5) is 0 Å². The van der Waals surface area contributed by atoms with Gasteiger partial charge in [-0.05, 0) is 30.9 Å². The Kier molecular flexibility index (Phi) is 3.90. The van der Waals surface area contributed by atoms with Gasteiger partial charge in [-0.2, -0.15) is 0 Å². The molecule has 18 heavy (non-hydrogen) atoms. The van der Waals surface area contributed by atoms with Gasteiger partial charge in [0.2, 0.25) is 0 Å². The number of thiophene rings is 1. The average molecular weight is 284 g/mol. The minimum absolute atomic E-state index is 0.551. The summed E-state index contributed by atoms with van der Waals surface area (Å²) in [7, 11) is 0. The lowest BCUT2D eigenvalue weighted by molar-refractivity contribution is -0.139. The molecule has 0 spiro atoms. The van der Waals surface area contributed by atoms with Gasteiger partial charge in [0.1, 0.15) is 6.04 Å². The Morgan fingerprint density at radius 1 is 1.56 bits per heavy atom. The first kappa shape index (κ1) is 13.3. The molecule has 0 aliphatic carbocycles. The van der Waals surface area contributed by atoms with Crippen LogP contribution in [-0.4, -0.2) is 17.1 Å². The third-order valence-electron chi connectivity index (χ3n) is 2.95. The molecule has 5 heteroatoms. The van der Waals surface area contributed by atoms with E-state index >= 15 is 0 Å². The molecule has 2 N–H and O–H groups in total. The van der Waals surface area contributed by atoms with Crippen molar-refractivity contribution in [3.05, 3.63) is 33.7 Å². The molecule has 0 fully saturated rings. The third-order valence-corrected chi connectivity index (χ3v) is 4.72. The molecule has 1 heterocycles. The molecule has 1 aromatic carbocycles. The Balaban J connectivity index is 2.27. The van der Waals surface area contributed by atoms with Crippen LogP contribution < -0.4 is 5.32 Å². The topological polar surface area (TPSA) is 49.3 Å². The summed E-state index contributed by atoms with van der Waals surface area (Å²) >= 11 is 7.77. The van der Waals surface area contributed by atoms with Gasteiger partial charge in [0, 0.05) is 11.4 Å². The van der Waals surface area contributed by atoms with Crippen LogP contribution in [-0.2, 0) is 11.3 Å². The highest BCUT2D eigenvalue weighted by Crippen LogP contribution is 2.35. The first-order valence-electron chi connectivity index (χ1n) is 5.63. The van der Waals surface area contributed by atoms with Crippen LogP contribution in [0.2, 0.25) is 5.02 Å². The van der Waals surface area contributed by atoms with E-state index in [1.54, 1.807) is 18.3 Å². The summed E-state index contributed by atoms with van der Waals surface area (Å²) in [5, 5.41) is 13.7. The molecule has 96 valence electrons. The van der Waals surface area contributed by atoms with Crippen molar-refractivity contribution < 1.29 is 9.90 Å². The zero-order valence-corrected chi connectivity index (χ0v) is 11.7. The molecule has 0 amide bonds. The van der Waals surface area contributed by atoms with E-state index in [0.717, 1.165) is 20.0 Å². The first-order chi connectivity index (χ1) is 8.50. The summed E-state index contributed by atoms with van der Waals surface area (Å²) in [6.07, 6.45) is 0. The number of benzene rings is 1. The highest BCUT2D eigenvalue weighted by atomic mass is 35.5. The summed E-state index contributed by atoms with van der Waals surface area (Å²) in [4.78, 5) is 11.9. The number of halogens is 1. The van der Waals surface area contributed by atoms with E-state index in [9.17, 15) is 4.79 Å². The van der Waals surface area contributed by atoms with Gasteiger partial charge in [-0.15, -0.1) is 11.3 Å². The van der Waals surface area contributed by atoms with Crippen LogP contribution in [0.3, 0.4) is 0 Å². The van der Waals surface area contributed by atoms with Gasteiger partial charge in [-0.25, -0.2) is 0 Å². The van der Waals surface area contributed by atoms with Crippen LogP contribution in [0.25, 0.3) is 10.1 Å². The Labute approximate surface area is 114 Å². The Morgan fingerprint density at radius 3 is 2.89 bits per heavy atom. The van der Waals surface area contributed by atoms with E-state index < -0.39 is 12.0 Å². The number of fused-ring (bicyclic) bond motifs is 1. The molecule has 2 aromatic rings. The Hall–Kier alpha value is -1.10. The van der Waals surface area contributed by atoms with Gasteiger partial charge in [-0.3, -0.25) is 10.1 Å². The number of aryl methyl sites for hydroxylation is 1. The van der Waals surface area contributed by atoms with Gasteiger partial charge in [-0.1, -0.05) is 23.7 Å². The van der Waals surface area contributed by atoms with E-state index in [4.69, 9.17) is 16.7 Å². The minimum atomic E-state index is -0.841. The summed E-state index contributed by atoms with van der Waals surface area (Å²) < 4.78 is 1.07. The Morgan fingerprint density at radius 2 is 2.28 bits per heavy atom. The van der Waals surface area contributed by atoms with Gasteiger partial charge in [0.05, 0.1) is 9.72 Å². The molecule has 0 unspecified atom stereocenters. The number of hydrogen-bond donors (Lipinski definition) is 2. The maximum atomic E-state index is 10.8. The summed E-state index contributed by atoms with van der Waals surface area (Å²) in [6, 6.07) is 5.29. The third kappa shape index (κ3) is 2.51. The molecule has 1 atom stereocenters. The molecule has 0 radical (unpaired) electrons. The predicted octanol–water partition coefficient (Wildman–Crippen LogP) is 3.43. The van der Waals surface area contributed by atoms with Crippen molar-refractivity contribution in [3.8, 4) is 0 Å². The van der Waals surface area contributed by atoms with E-state index in [2.05, 4.69) is 5.32 Å². The summed E-state index contributed by atoms with van der Waals surface area (Å²) in [5.74, 6) is -0.841. The average Bonchev–Trinajstić information content (AvgIpc) is 2.65. The first-order valence-corrected chi connectivity index (χ1v) is 6.83. The molecule has 0 saturated carbocycles. The van der Waals surface area contributed by atoms with Crippen molar-refractivity contribution in [3.63, 3.8) is 0 Å². The lowest BCUT2D eigenvalue weighted by Gasteiger charge is -2.08. The van der Waals surface area contributed by atoms with Crippen LogP contribution in [0.1, 0.15) is 17.4 Å². The summed E-state index contributed by atoms with van der Waals surface area (Å²) in [5.41, 5.74) is 1.17. The van der Waals surface area contributed by atoms with E-state index in [0.29, 0.717) is 6.54 Å².